The van der Waals surface area contributed by atoms with Crippen LogP contribution in [0.3, 0.4) is 0 Å². The Kier molecular flexibility index (Phi) is 5.73. The standard InChI is InChI=1S/C16H14N2O3S/c19-15(11-22-13-7-2-1-3-8-13)18-17-10-12-6-4-5-9-14(12)16(20)21/h1-10H,11H2,(H,18,19)(H,20,21)/b17-10-. The minimum absolute atomic E-state index is 0.138. The van der Waals surface area contributed by atoms with Gasteiger partial charge in [0.1, 0.15) is 0 Å². The molecule has 0 bridgehead atoms. The van der Waals surface area contributed by atoms with Crippen molar-refractivity contribution in [3.63, 3.8) is 0 Å². The Hall–Kier alpha value is -2.60. The first-order valence-corrected chi connectivity index (χ1v) is 7.47. The lowest BCUT2D eigenvalue weighted by molar-refractivity contribution is -0.118. The quantitative estimate of drug-likeness (QED) is 0.488. The van der Waals surface area contributed by atoms with Crippen LogP contribution in [0.1, 0.15) is 15.9 Å². The Bertz CT molecular complexity index is 687. The van der Waals surface area contributed by atoms with Crippen LogP contribution in [0.5, 0.6) is 0 Å². The second-order valence-electron chi connectivity index (χ2n) is 4.29. The normalized spacial score (nSPS) is 10.5. The van der Waals surface area contributed by atoms with Crippen molar-refractivity contribution in [2.45, 2.75) is 4.90 Å². The highest BCUT2D eigenvalue weighted by molar-refractivity contribution is 8.00. The van der Waals surface area contributed by atoms with Gasteiger partial charge in [-0.05, 0) is 18.2 Å². The van der Waals surface area contributed by atoms with Crippen molar-refractivity contribution < 1.29 is 14.7 Å². The zero-order chi connectivity index (χ0) is 15.8. The third kappa shape index (κ3) is 4.75. The number of hydrogen-bond donors (Lipinski definition) is 2. The summed E-state index contributed by atoms with van der Waals surface area (Å²) in [5.74, 6) is -1.05. The SMILES string of the molecule is O=C(CSc1ccccc1)N/N=C\c1ccccc1C(=O)O. The molecule has 0 fully saturated rings. The molecule has 0 atom stereocenters. The molecule has 2 aromatic rings. The summed E-state index contributed by atoms with van der Waals surface area (Å²) >= 11 is 1.40. The van der Waals surface area contributed by atoms with E-state index in [0.29, 0.717) is 5.56 Å². The number of benzene rings is 2. The van der Waals surface area contributed by atoms with Gasteiger partial charge in [0, 0.05) is 10.5 Å². The molecule has 0 aliphatic heterocycles. The third-order valence-corrected chi connectivity index (χ3v) is 3.71. The molecule has 0 saturated carbocycles. The Morgan fingerprint density at radius 2 is 1.77 bits per heavy atom. The first-order valence-electron chi connectivity index (χ1n) is 6.49. The van der Waals surface area contributed by atoms with E-state index in [4.69, 9.17) is 5.11 Å². The van der Waals surface area contributed by atoms with Gasteiger partial charge in [0.2, 0.25) is 5.91 Å². The van der Waals surface area contributed by atoms with E-state index in [9.17, 15) is 9.59 Å². The maximum Gasteiger partial charge on any atom is 0.336 e. The van der Waals surface area contributed by atoms with Gasteiger partial charge in [-0.2, -0.15) is 5.10 Å². The largest absolute Gasteiger partial charge is 0.478 e. The molecule has 0 unspecified atom stereocenters. The smallest absolute Gasteiger partial charge is 0.336 e. The Labute approximate surface area is 132 Å². The lowest BCUT2D eigenvalue weighted by atomic mass is 10.1. The van der Waals surface area contributed by atoms with Crippen molar-refractivity contribution in [3.05, 3.63) is 65.7 Å². The number of carboxylic acids is 1. The van der Waals surface area contributed by atoms with Gasteiger partial charge in [-0.1, -0.05) is 36.4 Å². The molecule has 2 aromatic carbocycles. The number of carbonyl (C=O) groups is 2. The number of nitrogens with zero attached hydrogens (tertiary/aromatic N) is 1. The number of nitrogens with one attached hydrogen (secondary N) is 1. The van der Waals surface area contributed by atoms with E-state index in [1.54, 1.807) is 18.2 Å². The van der Waals surface area contributed by atoms with Crippen LogP contribution in [0.25, 0.3) is 0 Å². The molecular weight excluding hydrogens is 300 g/mol. The van der Waals surface area contributed by atoms with Crippen molar-refractivity contribution in [2.24, 2.45) is 5.10 Å². The van der Waals surface area contributed by atoms with Gasteiger partial charge in [-0.3, -0.25) is 4.79 Å². The third-order valence-electron chi connectivity index (χ3n) is 2.70. The highest BCUT2D eigenvalue weighted by atomic mass is 32.2. The van der Waals surface area contributed by atoms with E-state index in [1.807, 2.05) is 30.3 Å². The molecule has 0 aliphatic rings. The minimum atomic E-state index is -1.03. The van der Waals surface area contributed by atoms with Crippen LogP contribution in [-0.2, 0) is 4.79 Å². The fraction of sp³-hybridized carbons (Fsp3) is 0.0625. The van der Waals surface area contributed by atoms with Gasteiger partial charge in [0.05, 0.1) is 17.5 Å². The number of hydrazone groups is 1. The van der Waals surface area contributed by atoms with Crippen molar-refractivity contribution in [3.8, 4) is 0 Å². The van der Waals surface area contributed by atoms with Gasteiger partial charge < -0.3 is 5.11 Å². The second kappa shape index (κ2) is 7.99. The number of carboxylic acid groups (broad SMARTS) is 1. The molecule has 5 nitrogen and oxygen atoms in total. The number of rotatable bonds is 6. The van der Waals surface area contributed by atoms with Gasteiger partial charge >= 0.3 is 5.97 Å². The molecule has 22 heavy (non-hydrogen) atoms. The van der Waals surface area contributed by atoms with E-state index in [-0.39, 0.29) is 17.2 Å². The van der Waals surface area contributed by atoms with E-state index >= 15 is 0 Å². The fourth-order valence-corrected chi connectivity index (χ4v) is 2.39. The van der Waals surface area contributed by atoms with Crippen molar-refractivity contribution in [1.82, 2.24) is 5.43 Å². The first-order chi connectivity index (χ1) is 10.7. The fourth-order valence-electron chi connectivity index (χ4n) is 1.68. The summed E-state index contributed by atoms with van der Waals surface area (Å²) in [7, 11) is 0. The van der Waals surface area contributed by atoms with Gasteiger partial charge in [0.15, 0.2) is 0 Å². The van der Waals surface area contributed by atoms with Crippen molar-refractivity contribution in [1.29, 1.82) is 0 Å². The summed E-state index contributed by atoms with van der Waals surface area (Å²) in [4.78, 5) is 23.7. The summed E-state index contributed by atoms with van der Waals surface area (Å²) < 4.78 is 0. The van der Waals surface area contributed by atoms with Crippen LogP contribution in [0.4, 0.5) is 0 Å². The molecule has 2 N–H and O–H groups in total. The lowest BCUT2D eigenvalue weighted by Gasteiger charge is -2.01. The first kappa shape index (κ1) is 15.8. The molecule has 2 rings (SSSR count). The topological polar surface area (TPSA) is 78.8 Å². The molecule has 1 amide bonds. The molecule has 0 heterocycles. The highest BCUT2D eigenvalue weighted by Gasteiger charge is 2.07. The number of hydrogen-bond acceptors (Lipinski definition) is 4. The molecule has 0 aliphatic carbocycles. The highest BCUT2D eigenvalue weighted by Crippen LogP contribution is 2.16. The van der Waals surface area contributed by atoms with Crippen LogP contribution >= 0.6 is 11.8 Å². The van der Waals surface area contributed by atoms with E-state index in [1.165, 1.54) is 24.0 Å². The molecule has 0 radical (unpaired) electrons. The maximum absolute atomic E-state index is 11.7. The summed E-state index contributed by atoms with van der Waals surface area (Å²) in [6, 6.07) is 16.0. The number of amides is 1. The molecular formula is C16H14N2O3S. The van der Waals surface area contributed by atoms with E-state index < -0.39 is 5.97 Å². The molecule has 0 spiro atoms. The van der Waals surface area contributed by atoms with Gasteiger partial charge in [-0.25, -0.2) is 10.2 Å². The van der Waals surface area contributed by atoms with Gasteiger partial charge in [-0.15, -0.1) is 11.8 Å². The number of aromatic carboxylic acids is 1. The van der Waals surface area contributed by atoms with Crippen LogP contribution in [0, 0.1) is 0 Å². The molecule has 0 saturated heterocycles. The zero-order valence-corrected chi connectivity index (χ0v) is 12.4. The van der Waals surface area contributed by atoms with Crippen LogP contribution in [0.15, 0.2) is 64.6 Å². The summed E-state index contributed by atoms with van der Waals surface area (Å²) in [5.41, 5.74) is 2.96. The predicted octanol–water partition coefficient (Wildman–Crippen LogP) is 2.63. The van der Waals surface area contributed by atoms with E-state index in [0.717, 1.165) is 4.90 Å². The van der Waals surface area contributed by atoms with Crippen molar-refractivity contribution >= 4 is 29.9 Å². The number of thioether (sulfide) groups is 1. The Morgan fingerprint density at radius 1 is 1.09 bits per heavy atom. The molecule has 6 heteroatoms. The summed E-state index contributed by atoms with van der Waals surface area (Å²) in [6.45, 7) is 0. The lowest BCUT2D eigenvalue weighted by Crippen LogP contribution is -2.19. The van der Waals surface area contributed by atoms with E-state index in [2.05, 4.69) is 10.5 Å². The van der Waals surface area contributed by atoms with Crippen LogP contribution in [-0.4, -0.2) is 29.0 Å². The monoisotopic (exact) mass is 314 g/mol. The Morgan fingerprint density at radius 3 is 2.50 bits per heavy atom. The van der Waals surface area contributed by atoms with Crippen molar-refractivity contribution in [2.75, 3.05) is 5.75 Å². The molecule has 112 valence electrons. The average molecular weight is 314 g/mol. The average Bonchev–Trinajstić information content (AvgIpc) is 2.54. The second-order valence-corrected chi connectivity index (χ2v) is 5.34. The zero-order valence-electron chi connectivity index (χ0n) is 11.6. The summed E-state index contributed by atoms with van der Waals surface area (Å²) in [5, 5.41) is 12.8. The van der Waals surface area contributed by atoms with Crippen LogP contribution < -0.4 is 5.43 Å². The summed E-state index contributed by atoms with van der Waals surface area (Å²) in [6.07, 6.45) is 1.33. The Balaban J connectivity index is 1.87. The van der Waals surface area contributed by atoms with Crippen LogP contribution in [0.2, 0.25) is 0 Å². The number of carbonyl (C=O) groups excluding carboxylic acids is 1. The maximum atomic E-state index is 11.7. The minimum Gasteiger partial charge on any atom is -0.478 e. The molecule has 0 aromatic heterocycles. The predicted molar refractivity (Wildman–Crippen MR) is 86.3 cm³/mol. The van der Waals surface area contributed by atoms with Gasteiger partial charge in [0.25, 0.3) is 0 Å².